The molecular weight excluding hydrogens is 264 g/mol. The predicted octanol–water partition coefficient (Wildman–Crippen LogP) is 1.11. The number of ether oxygens (including phenoxy) is 1. The Hall–Kier alpha value is -0.170. The van der Waals surface area contributed by atoms with E-state index in [4.69, 9.17) is 4.74 Å². The van der Waals surface area contributed by atoms with Gasteiger partial charge in [-0.25, -0.2) is 13.1 Å². The third kappa shape index (κ3) is 7.25. The highest BCUT2D eigenvalue weighted by Crippen LogP contribution is 2.19. The number of sulfonamides is 1. The van der Waals surface area contributed by atoms with Gasteiger partial charge >= 0.3 is 0 Å². The van der Waals surface area contributed by atoms with Crippen LogP contribution in [0.1, 0.15) is 39.5 Å². The van der Waals surface area contributed by atoms with Crippen LogP contribution < -0.4 is 10.0 Å². The normalized spacial score (nSPS) is 19.5. The molecule has 0 radical (unpaired) electrons. The standard InChI is InChI=1S/C13H28N2O3S/c1-3-14-8-4-5-11-19(16,17)15-12(2)13-6-9-18-10-7-13/h12-15H,3-11H2,1-2H3. The molecule has 1 fully saturated rings. The summed E-state index contributed by atoms with van der Waals surface area (Å²) in [7, 11) is -3.14. The molecule has 19 heavy (non-hydrogen) atoms. The van der Waals surface area contributed by atoms with Gasteiger partial charge in [0.1, 0.15) is 0 Å². The molecule has 1 unspecified atom stereocenters. The van der Waals surface area contributed by atoms with Crippen molar-refractivity contribution in [2.24, 2.45) is 5.92 Å². The molecule has 0 aromatic heterocycles. The van der Waals surface area contributed by atoms with E-state index < -0.39 is 10.0 Å². The molecule has 0 bridgehead atoms. The molecule has 1 aliphatic rings. The number of nitrogens with one attached hydrogen (secondary N) is 2. The Morgan fingerprint density at radius 3 is 2.58 bits per heavy atom. The zero-order chi connectivity index (χ0) is 14.1. The lowest BCUT2D eigenvalue weighted by Gasteiger charge is -2.28. The van der Waals surface area contributed by atoms with Gasteiger partial charge in [-0.05, 0) is 51.6 Å². The van der Waals surface area contributed by atoms with Gasteiger partial charge in [0.15, 0.2) is 0 Å². The second kappa shape index (κ2) is 8.89. The van der Waals surface area contributed by atoms with Crippen LogP contribution in [-0.2, 0) is 14.8 Å². The Balaban J connectivity index is 2.24. The van der Waals surface area contributed by atoms with E-state index in [0.29, 0.717) is 12.3 Å². The third-order valence-corrected chi connectivity index (χ3v) is 5.16. The highest BCUT2D eigenvalue weighted by atomic mass is 32.2. The van der Waals surface area contributed by atoms with Crippen molar-refractivity contribution in [2.75, 3.05) is 32.1 Å². The first-order valence-corrected chi connectivity index (χ1v) is 8.99. The fourth-order valence-electron chi connectivity index (χ4n) is 2.37. The first kappa shape index (κ1) is 16.9. The van der Waals surface area contributed by atoms with Crippen LogP contribution in [0.4, 0.5) is 0 Å². The first-order chi connectivity index (χ1) is 9.05. The number of unbranched alkanes of at least 4 members (excludes halogenated alkanes) is 1. The van der Waals surface area contributed by atoms with Crippen LogP contribution in [0, 0.1) is 5.92 Å². The van der Waals surface area contributed by atoms with E-state index in [0.717, 1.165) is 45.6 Å². The fourth-order valence-corrected chi connectivity index (χ4v) is 3.83. The van der Waals surface area contributed by atoms with Crippen molar-refractivity contribution < 1.29 is 13.2 Å². The van der Waals surface area contributed by atoms with Crippen LogP contribution in [-0.4, -0.2) is 46.5 Å². The largest absolute Gasteiger partial charge is 0.381 e. The summed E-state index contributed by atoms with van der Waals surface area (Å²) in [5.74, 6) is 0.636. The first-order valence-electron chi connectivity index (χ1n) is 7.33. The molecule has 1 heterocycles. The zero-order valence-corrected chi connectivity index (χ0v) is 13.0. The van der Waals surface area contributed by atoms with Gasteiger partial charge in [0, 0.05) is 19.3 Å². The van der Waals surface area contributed by atoms with Crippen molar-refractivity contribution in [3.8, 4) is 0 Å². The van der Waals surface area contributed by atoms with Crippen LogP contribution in [0.5, 0.6) is 0 Å². The van der Waals surface area contributed by atoms with Crippen molar-refractivity contribution in [3.63, 3.8) is 0 Å². The van der Waals surface area contributed by atoms with Gasteiger partial charge in [0.05, 0.1) is 5.75 Å². The van der Waals surface area contributed by atoms with Gasteiger partial charge in [0.25, 0.3) is 0 Å². The summed E-state index contributed by atoms with van der Waals surface area (Å²) in [5.41, 5.74) is 0. The summed E-state index contributed by atoms with van der Waals surface area (Å²) < 4.78 is 32.0. The second-order valence-electron chi connectivity index (χ2n) is 5.24. The minimum atomic E-state index is -3.14. The molecule has 1 rings (SSSR count). The van der Waals surface area contributed by atoms with E-state index in [1.54, 1.807) is 0 Å². The lowest BCUT2D eigenvalue weighted by Crippen LogP contribution is -2.41. The highest BCUT2D eigenvalue weighted by Gasteiger charge is 2.24. The van der Waals surface area contributed by atoms with Crippen LogP contribution in [0.25, 0.3) is 0 Å². The molecule has 0 spiro atoms. The number of rotatable bonds is 9. The van der Waals surface area contributed by atoms with Crippen LogP contribution in [0.15, 0.2) is 0 Å². The SMILES string of the molecule is CCNCCCCS(=O)(=O)NC(C)C1CCOCC1. The molecule has 1 atom stereocenters. The van der Waals surface area contributed by atoms with E-state index in [2.05, 4.69) is 10.0 Å². The Morgan fingerprint density at radius 1 is 1.26 bits per heavy atom. The summed E-state index contributed by atoms with van der Waals surface area (Å²) in [4.78, 5) is 0. The average Bonchev–Trinajstić information content (AvgIpc) is 2.39. The van der Waals surface area contributed by atoms with E-state index in [-0.39, 0.29) is 11.8 Å². The van der Waals surface area contributed by atoms with E-state index in [1.807, 2.05) is 13.8 Å². The summed E-state index contributed by atoms with van der Waals surface area (Å²) in [6.07, 6.45) is 3.51. The molecule has 0 aromatic carbocycles. The minimum Gasteiger partial charge on any atom is -0.381 e. The predicted molar refractivity (Wildman–Crippen MR) is 77.7 cm³/mol. The number of hydrogen-bond acceptors (Lipinski definition) is 4. The Labute approximate surface area is 117 Å². The molecule has 0 aromatic rings. The van der Waals surface area contributed by atoms with Crippen LogP contribution in [0.3, 0.4) is 0 Å². The summed E-state index contributed by atoms with van der Waals surface area (Å²) >= 11 is 0. The molecular formula is C13H28N2O3S. The van der Waals surface area contributed by atoms with Crippen molar-refractivity contribution in [2.45, 2.75) is 45.6 Å². The second-order valence-corrected chi connectivity index (χ2v) is 7.11. The van der Waals surface area contributed by atoms with Crippen LogP contribution in [0.2, 0.25) is 0 Å². The van der Waals surface area contributed by atoms with Gasteiger partial charge in [-0.3, -0.25) is 0 Å². The zero-order valence-electron chi connectivity index (χ0n) is 12.2. The maximum absolute atomic E-state index is 12.0. The maximum atomic E-state index is 12.0. The van der Waals surface area contributed by atoms with Crippen molar-refractivity contribution in [1.29, 1.82) is 0 Å². The van der Waals surface area contributed by atoms with Crippen molar-refractivity contribution >= 4 is 10.0 Å². The lowest BCUT2D eigenvalue weighted by molar-refractivity contribution is 0.0585. The highest BCUT2D eigenvalue weighted by molar-refractivity contribution is 7.89. The topological polar surface area (TPSA) is 67.4 Å². The minimum absolute atomic E-state index is 0.0164. The van der Waals surface area contributed by atoms with E-state index in [9.17, 15) is 8.42 Å². The molecule has 1 saturated heterocycles. The van der Waals surface area contributed by atoms with Gasteiger partial charge in [-0.2, -0.15) is 0 Å². The average molecular weight is 292 g/mol. The molecule has 0 saturated carbocycles. The molecule has 2 N–H and O–H groups in total. The van der Waals surface area contributed by atoms with Crippen molar-refractivity contribution in [1.82, 2.24) is 10.0 Å². The lowest BCUT2D eigenvalue weighted by atomic mass is 9.94. The molecule has 5 nitrogen and oxygen atoms in total. The van der Waals surface area contributed by atoms with Crippen molar-refractivity contribution in [3.05, 3.63) is 0 Å². The van der Waals surface area contributed by atoms with E-state index >= 15 is 0 Å². The molecule has 0 amide bonds. The van der Waals surface area contributed by atoms with Crippen LogP contribution >= 0.6 is 0 Å². The van der Waals surface area contributed by atoms with Gasteiger partial charge < -0.3 is 10.1 Å². The molecule has 6 heteroatoms. The molecule has 0 aliphatic carbocycles. The maximum Gasteiger partial charge on any atom is 0.211 e. The summed E-state index contributed by atoms with van der Waals surface area (Å²) in [5, 5.41) is 3.20. The summed E-state index contributed by atoms with van der Waals surface area (Å²) in [6, 6.07) is 0.0164. The fraction of sp³-hybridized carbons (Fsp3) is 1.00. The molecule has 1 aliphatic heterocycles. The smallest absolute Gasteiger partial charge is 0.211 e. The number of hydrogen-bond donors (Lipinski definition) is 2. The van der Waals surface area contributed by atoms with Gasteiger partial charge in [0.2, 0.25) is 10.0 Å². The molecule has 114 valence electrons. The van der Waals surface area contributed by atoms with E-state index in [1.165, 1.54) is 0 Å². The summed E-state index contributed by atoms with van der Waals surface area (Å²) in [6.45, 7) is 7.34. The Bertz CT molecular complexity index is 327. The Kier molecular flexibility index (Phi) is 7.90. The quantitative estimate of drug-likeness (QED) is 0.625. The Morgan fingerprint density at radius 2 is 1.95 bits per heavy atom. The third-order valence-electron chi connectivity index (χ3n) is 3.61. The van der Waals surface area contributed by atoms with Gasteiger partial charge in [-0.15, -0.1) is 0 Å². The monoisotopic (exact) mass is 292 g/mol. The van der Waals surface area contributed by atoms with Gasteiger partial charge in [-0.1, -0.05) is 6.92 Å².